The maximum atomic E-state index is 14.3. The number of benzene rings is 1. The number of fused-ring (bicyclic) bond motifs is 1. The van der Waals surface area contributed by atoms with Gasteiger partial charge in [-0.3, -0.25) is 9.59 Å². The largest absolute Gasteiger partial charge is 0.312 e. The SMILES string of the molecule is CSc1nc(=O)c2c(n1C)NC(=O)CC2c1cc(Br)ccc1F. The van der Waals surface area contributed by atoms with Crippen LogP contribution in [0.25, 0.3) is 0 Å². The van der Waals surface area contributed by atoms with Crippen molar-refractivity contribution in [1.82, 2.24) is 9.55 Å². The predicted molar refractivity (Wildman–Crippen MR) is 90.4 cm³/mol. The number of thioether (sulfide) groups is 1. The van der Waals surface area contributed by atoms with Crippen molar-refractivity contribution >= 4 is 39.4 Å². The first-order valence-electron chi connectivity index (χ1n) is 6.82. The maximum Gasteiger partial charge on any atom is 0.279 e. The summed E-state index contributed by atoms with van der Waals surface area (Å²) >= 11 is 4.61. The molecule has 0 aliphatic carbocycles. The van der Waals surface area contributed by atoms with Crippen LogP contribution in [0.3, 0.4) is 0 Å². The zero-order valence-corrected chi connectivity index (χ0v) is 14.8. The second kappa shape index (κ2) is 6.09. The van der Waals surface area contributed by atoms with E-state index in [4.69, 9.17) is 0 Å². The van der Waals surface area contributed by atoms with Gasteiger partial charge in [0.05, 0.1) is 5.56 Å². The summed E-state index contributed by atoms with van der Waals surface area (Å²) in [6.45, 7) is 0. The second-order valence-corrected chi connectivity index (χ2v) is 6.88. The Morgan fingerprint density at radius 2 is 2.17 bits per heavy atom. The topological polar surface area (TPSA) is 64.0 Å². The minimum atomic E-state index is -0.654. The lowest BCUT2D eigenvalue weighted by Crippen LogP contribution is -2.33. The van der Waals surface area contributed by atoms with Gasteiger partial charge in [0, 0.05) is 23.9 Å². The molecule has 0 saturated heterocycles. The summed E-state index contributed by atoms with van der Waals surface area (Å²) in [6, 6.07) is 4.50. The molecule has 0 fully saturated rings. The van der Waals surface area contributed by atoms with Gasteiger partial charge in [-0.25, -0.2) is 4.39 Å². The van der Waals surface area contributed by atoms with Crippen LogP contribution in [0.1, 0.15) is 23.5 Å². The Kier molecular flexibility index (Phi) is 4.29. The molecule has 1 N–H and O–H groups in total. The summed E-state index contributed by atoms with van der Waals surface area (Å²) in [5, 5.41) is 3.20. The molecule has 0 bridgehead atoms. The number of anilines is 1. The molecule has 8 heteroatoms. The minimum Gasteiger partial charge on any atom is -0.312 e. The van der Waals surface area contributed by atoms with Crippen LogP contribution in [0.4, 0.5) is 10.2 Å². The minimum absolute atomic E-state index is 0.00983. The fourth-order valence-corrected chi connectivity index (χ4v) is 3.68. The van der Waals surface area contributed by atoms with Gasteiger partial charge in [-0.2, -0.15) is 4.98 Å². The normalized spacial score (nSPS) is 16.9. The van der Waals surface area contributed by atoms with Crippen molar-refractivity contribution in [3.8, 4) is 0 Å². The Hall–Kier alpha value is -1.67. The number of nitrogens with one attached hydrogen (secondary N) is 1. The molecular weight excluding hydrogens is 385 g/mol. The van der Waals surface area contributed by atoms with Gasteiger partial charge in [0.2, 0.25) is 5.91 Å². The number of rotatable bonds is 2. The molecule has 1 aromatic carbocycles. The molecule has 23 heavy (non-hydrogen) atoms. The number of carbonyl (C=O) groups excluding carboxylic acids is 1. The third-order valence-corrected chi connectivity index (χ3v) is 5.04. The van der Waals surface area contributed by atoms with E-state index in [1.54, 1.807) is 30.0 Å². The lowest BCUT2D eigenvalue weighted by molar-refractivity contribution is -0.116. The van der Waals surface area contributed by atoms with E-state index in [9.17, 15) is 14.0 Å². The van der Waals surface area contributed by atoms with Gasteiger partial charge < -0.3 is 9.88 Å². The fourth-order valence-electron chi connectivity index (χ4n) is 2.77. The zero-order chi connectivity index (χ0) is 16.7. The van der Waals surface area contributed by atoms with Crippen molar-refractivity contribution in [1.29, 1.82) is 0 Å². The number of hydrogen-bond acceptors (Lipinski definition) is 4. The van der Waals surface area contributed by atoms with Crippen molar-refractivity contribution in [2.45, 2.75) is 17.5 Å². The molecule has 2 heterocycles. The molecule has 0 radical (unpaired) electrons. The molecule has 1 aromatic heterocycles. The van der Waals surface area contributed by atoms with Crippen LogP contribution in [0.5, 0.6) is 0 Å². The van der Waals surface area contributed by atoms with E-state index in [1.165, 1.54) is 17.8 Å². The molecule has 120 valence electrons. The summed E-state index contributed by atoms with van der Waals surface area (Å²) in [4.78, 5) is 28.6. The molecule has 3 rings (SSSR count). The molecular formula is C15H13BrFN3O2S. The van der Waals surface area contributed by atoms with Gasteiger partial charge in [0.25, 0.3) is 5.56 Å². The Morgan fingerprint density at radius 1 is 1.43 bits per heavy atom. The molecule has 1 aliphatic rings. The standard InChI is InChI=1S/C15H13BrFN3O2S/c1-20-13-12(14(22)19-15(20)23-2)9(6-11(21)18-13)8-5-7(16)3-4-10(8)17/h3-5,9H,6H2,1-2H3,(H,18,21). The van der Waals surface area contributed by atoms with E-state index in [0.29, 0.717) is 26.6 Å². The first kappa shape index (κ1) is 16.2. The van der Waals surface area contributed by atoms with E-state index < -0.39 is 17.3 Å². The van der Waals surface area contributed by atoms with Crippen LogP contribution >= 0.6 is 27.7 Å². The van der Waals surface area contributed by atoms with Gasteiger partial charge in [-0.05, 0) is 30.0 Å². The summed E-state index contributed by atoms with van der Waals surface area (Å²) in [7, 11) is 1.72. The van der Waals surface area contributed by atoms with Gasteiger partial charge in [-0.1, -0.05) is 27.7 Å². The molecule has 0 saturated carbocycles. The van der Waals surface area contributed by atoms with E-state index in [0.717, 1.165) is 0 Å². The molecule has 0 spiro atoms. The summed E-state index contributed by atoms with van der Waals surface area (Å²) in [6.07, 6.45) is 1.81. The van der Waals surface area contributed by atoms with Crippen LogP contribution in [0.15, 0.2) is 32.6 Å². The van der Waals surface area contributed by atoms with Crippen molar-refractivity contribution in [2.24, 2.45) is 7.05 Å². The first-order valence-corrected chi connectivity index (χ1v) is 8.84. The Morgan fingerprint density at radius 3 is 2.87 bits per heavy atom. The van der Waals surface area contributed by atoms with E-state index in [-0.39, 0.29) is 12.3 Å². The second-order valence-electron chi connectivity index (χ2n) is 5.20. The van der Waals surface area contributed by atoms with Crippen LogP contribution < -0.4 is 10.9 Å². The first-order chi connectivity index (χ1) is 10.9. The van der Waals surface area contributed by atoms with E-state index >= 15 is 0 Å². The summed E-state index contributed by atoms with van der Waals surface area (Å²) < 4.78 is 16.6. The fraction of sp³-hybridized carbons (Fsp3) is 0.267. The van der Waals surface area contributed by atoms with E-state index in [1.807, 2.05) is 0 Å². The van der Waals surface area contributed by atoms with Crippen molar-refractivity contribution < 1.29 is 9.18 Å². The Labute approximate surface area is 144 Å². The van der Waals surface area contributed by atoms with Crippen LogP contribution in [0, 0.1) is 5.82 Å². The average Bonchev–Trinajstić information content (AvgIpc) is 2.52. The summed E-state index contributed by atoms with van der Waals surface area (Å²) in [5.41, 5.74) is 0.194. The van der Waals surface area contributed by atoms with Gasteiger partial charge in [0.1, 0.15) is 11.6 Å². The molecule has 1 aliphatic heterocycles. The highest BCUT2D eigenvalue weighted by Crippen LogP contribution is 2.37. The van der Waals surface area contributed by atoms with Crippen LogP contribution in [-0.2, 0) is 11.8 Å². The van der Waals surface area contributed by atoms with Crippen LogP contribution in [0.2, 0.25) is 0 Å². The molecule has 1 unspecified atom stereocenters. The highest BCUT2D eigenvalue weighted by Gasteiger charge is 2.33. The predicted octanol–water partition coefficient (Wildman–Crippen LogP) is 2.88. The highest BCUT2D eigenvalue weighted by molar-refractivity contribution is 9.10. The third kappa shape index (κ3) is 2.81. The number of aromatic nitrogens is 2. The highest BCUT2D eigenvalue weighted by atomic mass is 79.9. The number of nitrogens with zero attached hydrogens (tertiary/aromatic N) is 2. The maximum absolute atomic E-state index is 14.3. The van der Waals surface area contributed by atoms with Crippen molar-refractivity contribution in [3.05, 3.63) is 50.0 Å². The summed E-state index contributed by atoms with van der Waals surface area (Å²) in [5.74, 6) is -0.974. The lowest BCUT2D eigenvalue weighted by Gasteiger charge is -2.27. The number of carbonyl (C=O) groups is 1. The lowest BCUT2D eigenvalue weighted by atomic mass is 9.86. The van der Waals surface area contributed by atoms with E-state index in [2.05, 4.69) is 26.2 Å². The molecule has 1 amide bonds. The number of hydrogen-bond donors (Lipinski definition) is 1. The number of amides is 1. The number of halogens is 2. The Bertz CT molecular complexity index is 869. The third-order valence-electron chi connectivity index (χ3n) is 3.82. The smallest absolute Gasteiger partial charge is 0.279 e. The van der Waals surface area contributed by atoms with Crippen molar-refractivity contribution in [2.75, 3.05) is 11.6 Å². The van der Waals surface area contributed by atoms with Crippen LogP contribution in [-0.4, -0.2) is 21.7 Å². The quantitative estimate of drug-likeness (QED) is 0.624. The van der Waals surface area contributed by atoms with Gasteiger partial charge >= 0.3 is 0 Å². The molecule has 1 atom stereocenters. The van der Waals surface area contributed by atoms with Gasteiger partial charge in [0.15, 0.2) is 5.16 Å². The Balaban J connectivity index is 2.28. The van der Waals surface area contributed by atoms with Crippen molar-refractivity contribution in [3.63, 3.8) is 0 Å². The molecule has 5 nitrogen and oxygen atoms in total. The average molecular weight is 398 g/mol. The zero-order valence-electron chi connectivity index (χ0n) is 12.4. The molecule has 2 aromatic rings. The monoisotopic (exact) mass is 397 g/mol. The van der Waals surface area contributed by atoms with Gasteiger partial charge in [-0.15, -0.1) is 0 Å².